The van der Waals surface area contributed by atoms with Gasteiger partial charge in [-0.2, -0.15) is 13.2 Å². The number of halogens is 5. The number of nitrogens with zero attached hydrogens (tertiary/aromatic N) is 3. The van der Waals surface area contributed by atoms with Crippen molar-refractivity contribution in [1.82, 2.24) is 19.9 Å². The van der Waals surface area contributed by atoms with Gasteiger partial charge in [0, 0.05) is 34.7 Å². The number of fused-ring (bicyclic) bond motifs is 1. The summed E-state index contributed by atoms with van der Waals surface area (Å²) in [7, 11) is 0. The molecule has 0 atom stereocenters. The standard InChI is InChI=1S/C25H15F5N6O/c26-18-7-6-15(20(27)19(18)25(28,29)30)24(37)36-14-4-1-3-13(11-14)35-23-16(5-2-9-31-23)21-17-8-10-32-22(17)34-12-33-21/h1-12H,(H,31,35)(H,36,37)(H,32,33,34). The van der Waals surface area contributed by atoms with Gasteiger partial charge in [0.2, 0.25) is 0 Å². The Morgan fingerprint density at radius 2 is 1.73 bits per heavy atom. The van der Waals surface area contributed by atoms with Crippen LogP contribution in [0.1, 0.15) is 15.9 Å². The van der Waals surface area contributed by atoms with Crippen LogP contribution < -0.4 is 10.6 Å². The van der Waals surface area contributed by atoms with Crippen molar-refractivity contribution in [2.75, 3.05) is 10.6 Å². The van der Waals surface area contributed by atoms with Gasteiger partial charge in [0.15, 0.2) is 5.82 Å². The van der Waals surface area contributed by atoms with Crippen molar-refractivity contribution in [1.29, 1.82) is 0 Å². The maximum Gasteiger partial charge on any atom is 0.422 e. The Bertz CT molecular complexity index is 1630. The van der Waals surface area contributed by atoms with Crippen LogP contribution in [0.25, 0.3) is 22.3 Å². The van der Waals surface area contributed by atoms with Crippen molar-refractivity contribution >= 4 is 34.1 Å². The van der Waals surface area contributed by atoms with Gasteiger partial charge < -0.3 is 15.6 Å². The molecule has 5 rings (SSSR count). The number of pyridine rings is 1. The minimum Gasteiger partial charge on any atom is -0.346 e. The summed E-state index contributed by atoms with van der Waals surface area (Å²) in [6.45, 7) is 0. The predicted molar refractivity (Wildman–Crippen MR) is 126 cm³/mol. The number of hydrogen-bond donors (Lipinski definition) is 3. The first-order valence-corrected chi connectivity index (χ1v) is 10.7. The Morgan fingerprint density at radius 3 is 2.54 bits per heavy atom. The highest BCUT2D eigenvalue weighted by molar-refractivity contribution is 6.05. The molecule has 3 N–H and O–H groups in total. The Balaban J connectivity index is 1.42. The molecule has 37 heavy (non-hydrogen) atoms. The number of amides is 1. The molecule has 3 aromatic heterocycles. The van der Waals surface area contributed by atoms with E-state index in [1.807, 2.05) is 12.1 Å². The third-order valence-electron chi connectivity index (χ3n) is 5.42. The monoisotopic (exact) mass is 510 g/mol. The molecule has 2 aromatic carbocycles. The van der Waals surface area contributed by atoms with E-state index in [9.17, 15) is 26.7 Å². The second-order valence-electron chi connectivity index (χ2n) is 7.80. The van der Waals surface area contributed by atoms with Gasteiger partial charge in [-0.25, -0.2) is 23.7 Å². The molecule has 0 aliphatic rings. The zero-order valence-corrected chi connectivity index (χ0v) is 18.6. The van der Waals surface area contributed by atoms with Gasteiger partial charge in [0.25, 0.3) is 5.91 Å². The van der Waals surface area contributed by atoms with Crippen LogP contribution in [0.5, 0.6) is 0 Å². The maximum atomic E-state index is 14.4. The third-order valence-corrected chi connectivity index (χ3v) is 5.42. The quantitative estimate of drug-likeness (QED) is 0.241. The molecule has 186 valence electrons. The molecular weight excluding hydrogens is 495 g/mol. The summed E-state index contributed by atoms with van der Waals surface area (Å²) in [5, 5.41) is 6.24. The van der Waals surface area contributed by atoms with E-state index >= 15 is 0 Å². The Kier molecular flexibility index (Phi) is 5.99. The van der Waals surface area contributed by atoms with Crippen molar-refractivity contribution < 1.29 is 26.7 Å². The number of benzene rings is 2. The number of nitrogens with one attached hydrogen (secondary N) is 3. The topological polar surface area (TPSA) is 95.6 Å². The molecule has 0 fully saturated rings. The van der Waals surface area contributed by atoms with E-state index in [4.69, 9.17) is 0 Å². The predicted octanol–water partition coefficient (Wildman–Crippen LogP) is 6.31. The van der Waals surface area contributed by atoms with Crippen molar-refractivity contribution in [3.8, 4) is 11.3 Å². The number of H-pyrrole nitrogens is 1. The van der Waals surface area contributed by atoms with Crippen LogP contribution in [0.15, 0.2) is 73.3 Å². The normalized spacial score (nSPS) is 11.5. The zero-order chi connectivity index (χ0) is 26.2. The highest BCUT2D eigenvalue weighted by atomic mass is 19.4. The van der Waals surface area contributed by atoms with Gasteiger partial charge in [-0.1, -0.05) is 6.07 Å². The van der Waals surface area contributed by atoms with E-state index in [0.29, 0.717) is 40.5 Å². The summed E-state index contributed by atoms with van der Waals surface area (Å²) in [6.07, 6.45) is -0.577. The first-order chi connectivity index (χ1) is 17.7. The molecule has 0 aliphatic heterocycles. The lowest BCUT2D eigenvalue weighted by atomic mass is 10.1. The second kappa shape index (κ2) is 9.30. The molecule has 7 nitrogen and oxygen atoms in total. The van der Waals surface area contributed by atoms with Crippen LogP contribution in [0.4, 0.5) is 39.1 Å². The number of hydrogen-bond acceptors (Lipinski definition) is 5. The van der Waals surface area contributed by atoms with Crippen molar-refractivity contribution in [3.63, 3.8) is 0 Å². The van der Waals surface area contributed by atoms with E-state index in [0.717, 1.165) is 5.39 Å². The average Bonchev–Trinajstić information content (AvgIpc) is 3.33. The first kappa shape index (κ1) is 23.9. The van der Waals surface area contributed by atoms with E-state index in [-0.39, 0.29) is 5.69 Å². The summed E-state index contributed by atoms with van der Waals surface area (Å²) in [5.74, 6) is -4.53. The zero-order valence-electron chi connectivity index (χ0n) is 18.6. The van der Waals surface area contributed by atoms with E-state index < -0.39 is 34.8 Å². The van der Waals surface area contributed by atoms with Crippen LogP contribution in [0, 0.1) is 11.6 Å². The highest BCUT2D eigenvalue weighted by Gasteiger charge is 2.39. The number of anilines is 3. The van der Waals surface area contributed by atoms with Gasteiger partial charge in [-0.05, 0) is 48.5 Å². The van der Waals surface area contributed by atoms with Crippen molar-refractivity contribution in [2.24, 2.45) is 0 Å². The van der Waals surface area contributed by atoms with E-state index in [2.05, 4.69) is 30.6 Å². The number of carbonyl (C=O) groups excluding carboxylic acids is 1. The van der Waals surface area contributed by atoms with Crippen molar-refractivity contribution in [2.45, 2.75) is 6.18 Å². The lowest BCUT2D eigenvalue weighted by molar-refractivity contribution is -0.142. The number of rotatable bonds is 5. The SMILES string of the molecule is O=C(Nc1cccc(Nc2ncccc2-c2ncnc3[nH]ccc23)c1)c1ccc(F)c(C(F)(F)F)c1F. The largest absolute Gasteiger partial charge is 0.422 e. The molecular formula is C25H15F5N6O. The van der Waals surface area contributed by atoms with Crippen molar-refractivity contribution in [3.05, 3.63) is 96.1 Å². The minimum atomic E-state index is -5.30. The molecule has 5 aromatic rings. The molecule has 0 saturated heterocycles. The van der Waals surface area contributed by atoms with E-state index in [1.54, 1.807) is 30.6 Å². The van der Waals surface area contributed by atoms with Gasteiger partial charge in [-0.3, -0.25) is 4.79 Å². The van der Waals surface area contributed by atoms with Crippen LogP contribution in [0.2, 0.25) is 0 Å². The van der Waals surface area contributed by atoms with Crippen LogP contribution in [-0.2, 0) is 6.18 Å². The summed E-state index contributed by atoms with van der Waals surface area (Å²) >= 11 is 0. The molecule has 0 spiro atoms. The van der Waals surface area contributed by atoms with Gasteiger partial charge in [0.05, 0.1) is 11.3 Å². The Morgan fingerprint density at radius 1 is 0.919 bits per heavy atom. The highest BCUT2D eigenvalue weighted by Crippen LogP contribution is 2.35. The van der Waals surface area contributed by atoms with E-state index in [1.165, 1.54) is 18.5 Å². The molecule has 0 unspecified atom stereocenters. The Labute approximate surface area is 205 Å². The number of aromatic nitrogens is 4. The molecule has 1 amide bonds. The average molecular weight is 510 g/mol. The van der Waals surface area contributed by atoms with Gasteiger partial charge >= 0.3 is 6.18 Å². The fourth-order valence-electron chi connectivity index (χ4n) is 3.78. The molecule has 3 heterocycles. The fraction of sp³-hybridized carbons (Fsp3) is 0.0400. The molecule has 12 heteroatoms. The number of alkyl halides is 3. The summed E-state index contributed by atoms with van der Waals surface area (Å²) < 4.78 is 67.1. The van der Waals surface area contributed by atoms with Crippen LogP contribution >= 0.6 is 0 Å². The molecule has 0 aliphatic carbocycles. The molecule has 0 saturated carbocycles. The molecule has 0 bridgehead atoms. The van der Waals surface area contributed by atoms with Crippen LogP contribution in [-0.4, -0.2) is 25.8 Å². The van der Waals surface area contributed by atoms with Gasteiger partial charge in [-0.15, -0.1) is 0 Å². The summed E-state index contributed by atoms with van der Waals surface area (Å²) in [5.41, 5.74) is -0.521. The van der Waals surface area contributed by atoms with Gasteiger partial charge in [0.1, 0.15) is 29.2 Å². The smallest absolute Gasteiger partial charge is 0.346 e. The number of carbonyl (C=O) groups is 1. The number of aromatic amines is 1. The summed E-state index contributed by atoms with van der Waals surface area (Å²) in [6, 6.07) is 12.6. The van der Waals surface area contributed by atoms with Crippen LogP contribution in [0.3, 0.4) is 0 Å². The lowest BCUT2D eigenvalue weighted by Gasteiger charge is -2.14. The second-order valence-corrected chi connectivity index (χ2v) is 7.80. The lowest BCUT2D eigenvalue weighted by Crippen LogP contribution is -2.19. The third kappa shape index (κ3) is 4.68. The fourth-order valence-corrected chi connectivity index (χ4v) is 3.78. The Hall–Kier alpha value is -4.87. The first-order valence-electron chi connectivity index (χ1n) is 10.7. The maximum absolute atomic E-state index is 14.4. The summed E-state index contributed by atoms with van der Waals surface area (Å²) in [4.78, 5) is 28.5. The molecule has 0 radical (unpaired) electrons. The minimum absolute atomic E-state index is 0.153.